The van der Waals surface area contributed by atoms with Gasteiger partial charge >= 0.3 is 5.97 Å². The SMILES string of the molecule is O=C(O)[C@H](Cc1ccccc1)NS(=O)(=O)c1ccc(C2CC2)cc1. The number of benzene rings is 2. The van der Waals surface area contributed by atoms with Crippen LogP contribution in [0.1, 0.15) is 29.9 Å². The molecule has 3 rings (SSSR count). The Morgan fingerprint density at radius 2 is 1.71 bits per heavy atom. The summed E-state index contributed by atoms with van der Waals surface area (Å²) in [7, 11) is -3.88. The number of carboxylic acid groups (broad SMARTS) is 1. The molecule has 0 amide bonds. The van der Waals surface area contributed by atoms with Crippen LogP contribution in [-0.2, 0) is 21.2 Å². The quantitative estimate of drug-likeness (QED) is 0.808. The van der Waals surface area contributed by atoms with Crippen molar-refractivity contribution in [1.82, 2.24) is 4.72 Å². The lowest BCUT2D eigenvalue weighted by Crippen LogP contribution is -2.42. The predicted octanol–water partition coefficient (Wildman–Crippen LogP) is 2.54. The van der Waals surface area contributed by atoms with E-state index in [0.29, 0.717) is 5.92 Å². The highest BCUT2D eigenvalue weighted by Crippen LogP contribution is 2.40. The fourth-order valence-electron chi connectivity index (χ4n) is 2.62. The molecule has 1 aliphatic rings. The Bertz CT molecular complexity index is 812. The van der Waals surface area contributed by atoms with Crippen molar-refractivity contribution in [2.75, 3.05) is 0 Å². The molecule has 5 nitrogen and oxygen atoms in total. The molecular formula is C18H19NO4S. The van der Waals surface area contributed by atoms with Crippen molar-refractivity contribution in [3.8, 4) is 0 Å². The zero-order valence-electron chi connectivity index (χ0n) is 13.1. The van der Waals surface area contributed by atoms with Crippen LogP contribution in [0.5, 0.6) is 0 Å². The summed E-state index contributed by atoms with van der Waals surface area (Å²) in [6.07, 6.45) is 2.38. The minimum atomic E-state index is -3.88. The Morgan fingerprint density at radius 3 is 2.25 bits per heavy atom. The summed E-state index contributed by atoms with van der Waals surface area (Å²) >= 11 is 0. The third-order valence-electron chi connectivity index (χ3n) is 4.12. The molecule has 0 spiro atoms. The van der Waals surface area contributed by atoms with Gasteiger partial charge in [0.2, 0.25) is 10.0 Å². The third-order valence-corrected chi connectivity index (χ3v) is 5.60. The highest BCUT2D eigenvalue weighted by Gasteiger charge is 2.27. The summed E-state index contributed by atoms with van der Waals surface area (Å²) in [5.74, 6) is -0.656. The summed E-state index contributed by atoms with van der Waals surface area (Å²) in [6, 6.07) is 14.4. The lowest BCUT2D eigenvalue weighted by molar-refractivity contribution is -0.138. The maximum Gasteiger partial charge on any atom is 0.322 e. The molecule has 0 saturated heterocycles. The number of carbonyl (C=O) groups is 1. The molecule has 1 saturated carbocycles. The van der Waals surface area contributed by atoms with Crippen LogP contribution in [0.3, 0.4) is 0 Å². The van der Waals surface area contributed by atoms with Crippen LogP contribution < -0.4 is 4.72 Å². The van der Waals surface area contributed by atoms with Crippen LogP contribution in [0, 0.1) is 0 Å². The van der Waals surface area contributed by atoms with Crippen molar-refractivity contribution in [3.63, 3.8) is 0 Å². The molecule has 0 heterocycles. The Balaban J connectivity index is 1.76. The first kappa shape index (κ1) is 16.7. The minimum Gasteiger partial charge on any atom is -0.480 e. The van der Waals surface area contributed by atoms with Crippen LogP contribution in [-0.4, -0.2) is 25.5 Å². The zero-order chi connectivity index (χ0) is 17.2. The summed E-state index contributed by atoms with van der Waals surface area (Å²) in [5.41, 5.74) is 1.89. The second-order valence-electron chi connectivity index (χ2n) is 6.05. The number of aliphatic carboxylic acids is 1. The largest absolute Gasteiger partial charge is 0.480 e. The van der Waals surface area contributed by atoms with Gasteiger partial charge in [-0.2, -0.15) is 4.72 Å². The van der Waals surface area contributed by atoms with Gasteiger partial charge in [-0.3, -0.25) is 4.79 Å². The van der Waals surface area contributed by atoms with E-state index in [1.54, 1.807) is 36.4 Å². The fourth-order valence-corrected chi connectivity index (χ4v) is 3.81. The van der Waals surface area contributed by atoms with Crippen LogP contribution in [0.4, 0.5) is 0 Å². The van der Waals surface area contributed by atoms with Gasteiger partial charge in [0.1, 0.15) is 6.04 Å². The van der Waals surface area contributed by atoms with Crippen LogP contribution in [0.25, 0.3) is 0 Å². The number of sulfonamides is 1. The van der Waals surface area contributed by atoms with Crippen LogP contribution >= 0.6 is 0 Å². The van der Waals surface area contributed by atoms with Gasteiger partial charge in [-0.25, -0.2) is 8.42 Å². The summed E-state index contributed by atoms with van der Waals surface area (Å²) in [6.45, 7) is 0. The average Bonchev–Trinajstić information content (AvgIpc) is 3.40. The van der Waals surface area contributed by atoms with Gasteiger partial charge in [-0.15, -0.1) is 0 Å². The highest BCUT2D eigenvalue weighted by molar-refractivity contribution is 7.89. The number of carboxylic acids is 1. The number of nitrogens with one attached hydrogen (secondary N) is 1. The third kappa shape index (κ3) is 4.01. The summed E-state index contributed by atoms with van der Waals surface area (Å²) in [5, 5.41) is 9.34. The van der Waals surface area contributed by atoms with E-state index in [1.165, 1.54) is 12.1 Å². The molecule has 2 N–H and O–H groups in total. The van der Waals surface area contributed by atoms with Crippen molar-refractivity contribution in [2.24, 2.45) is 0 Å². The Kier molecular flexibility index (Phi) is 4.69. The maximum atomic E-state index is 12.5. The van der Waals surface area contributed by atoms with E-state index in [9.17, 15) is 18.3 Å². The van der Waals surface area contributed by atoms with Gasteiger partial charge in [-0.05, 0) is 48.4 Å². The number of hydrogen-bond acceptors (Lipinski definition) is 3. The molecular weight excluding hydrogens is 326 g/mol. The van der Waals surface area contributed by atoms with E-state index in [-0.39, 0.29) is 11.3 Å². The standard InChI is InChI=1S/C18H19NO4S/c20-18(21)17(12-13-4-2-1-3-5-13)19-24(22,23)16-10-8-15(9-11-16)14-6-7-14/h1-5,8-11,14,17,19H,6-7,12H2,(H,20,21)/t17-/m0/s1. The van der Waals surface area contributed by atoms with E-state index < -0.39 is 22.0 Å². The molecule has 24 heavy (non-hydrogen) atoms. The van der Waals surface area contributed by atoms with Crippen molar-refractivity contribution in [2.45, 2.75) is 36.1 Å². The molecule has 0 radical (unpaired) electrons. The molecule has 0 aromatic heterocycles. The van der Waals surface area contributed by atoms with E-state index >= 15 is 0 Å². The van der Waals surface area contributed by atoms with Crippen molar-refractivity contribution in [1.29, 1.82) is 0 Å². The molecule has 1 aliphatic carbocycles. The molecule has 6 heteroatoms. The molecule has 0 bridgehead atoms. The van der Waals surface area contributed by atoms with Gasteiger partial charge in [0.25, 0.3) is 0 Å². The minimum absolute atomic E-state index is 0.0891. The van der Waals surface area contributed by atoms with E-state index in [0.717, 1.165) is 24.0 Å². The first-order chi connectivity index (χ1) is 11.5. The second-order valence-corrected chi connectivity index (χ2v) is 7.76. The zero-order valence-corrected chi connectivity index (χ0v) is 13.9. The van der Waals surface area contributed by atoms with Gasteiger partial charge < -0.3 is 5.11 Å². The molecule has 1 atom stereocenters. The lowest BCUT2D eigenvalue weighted by Gasteiger charge is -2.15. The Hall–Kier alpha value is -2.18. The van der Waals surface area contributed by atoms with Gasteiger partial charge in [-0.1, -0.05) is 42.5 Å². The van der Waals surface area contributed by atoms with Crippen LogP contribution in [0.2, 0.25) is 0 Å². The van der Waals surface area contributed by atoms with Crippen molar-refractivity contribution < 1.29 is 18.3 Å². The van der Waals surface area contributed by atoms with Gasteiger partial charge in [0.05, 0.1) is 4.90 Å². The highest BCUT2D eigenvalue weighted by atomic mass is 32.2. The van der Waals surface area contributed by atoms with Crippen LogP contribution in [0.15, 0.2) is 59.5 Å². The number of hydrogen-bond donors (Lipinski definition) is 2. The van der Waals surface area contributed by atoms with E-state index in [4.69, 9.17) is 0 Å². The Morgan fingerprint density at radius 1 is 1.08 bits per heavy atom. The monoisotopic (exact) mass is 345 g/mol. The summed E-state index contributed by atoms with van der Waals surface area (Å²) in [4.78, 5) is 11.5. The van der Waals surface area contributed by atoms with E-state index in [2.05, 4.69) is 4.72 Å². The first-order valence-electron chi connectivity index (χ1n) is 7.85. The first-order valence-corrected chi connectivity index (χ1v) is 9.33. The van der Waals surface area contributed by atoms with Crippen molar-refractivity contribution in [3.05, 3.63) is 65.7 Å². The lowest BCUT2D eigenvalue weighted by atomic mass is 10.1. The molecule has 2 aromatic carbocycles. The summed E-state index contributed by atoms with van der Waals surface area (Å²) < 4.78 is 27.2. The normalized spacial score (nSPS) is 15.8. The molecule has 0 aliphatic heterocycles. The fraction of sp³-hybridized carbons (Fsp3) is 0.278. The molecule has 126 valence electrons. The second kappa shape index (κ2) is 6.75. The maximum absolute atomic E-state index is 12.5. The Labute approximate surface area is 141 Å². The van der Waals surface area contributed by atoms with E-state index in [1.807, 2.05) is 6.07 Å². The molecule has 1 fully saturated rings. The van der Waals surface area contributed by atoms with Gasteiger partial charge in [0.15, 0.2) is 0 Å². The average molecular weight is 345 g/mol. The molecule has 2 aromatic rings. The smallest absolute Gasteiger partial charge is 0.322 e. The van der Waals surface area contributed by atoms with Gasteiger partial charge in [0, 0.05) is 0 Å². The predicted molar refractivity (Wildman–Crippen MR) is 90.3 cm³/mol. The topological polar surface area (TPSA) is 83.5 Å². The number of rotatable bonds is 7. The van der Waals surface area contributed by atoms with Crippen molar-refractivity contribution >= 4 is 16.0 Å². The molecule has 0 unspecified atom stereocenters.